The van der Waals surface area contributed by atoms with Crippen LogP contribution in [0.1, 0.15) is 40.0 Å². The van der Waals surface area contributed by atoms with Gasteiger partial charge in [0.25, 0.3) is 0 Å². The van der Waals surface area contributed by atoms with Crippen molar-refractivity contribution in [2.75, 3.05) is 5.32 Å². The van der Waals surface area contributed by atoms with Crippen LogP contribution < -0.4 is 5.32 Å². The third-order valence-corrected chi connectivity index (χ3v) is 4.79. The Balaban J connectivity index is 2.14. The largest absolute Gasteiger partial charge is 0.380 e. The quantitative estimate of drug-likeness (QED) is 0.777. The Morgan fingerprint density at radius 3 is 2.68 bits per heavy atom. The maximum absolute atomic E-state index is 13.9. The number of benzene rings is 1. The predicted molar refractivity (Wildman–Crippen MR) is 82.9 cm³/mol. The van der Waals surface area contributed by atoms with Gasteiger partial charge in [0, 0.05) is 10.5 Å². The second-order valence-corrected chi connectivity index (χ2v) is 7.12. The first-order valence-corrected chi connectivity index (χ1v) is 7.98. The molecule has 1 N–H and O–H groups in total. The van der Waals surface area contributed by atoms with Gasteiger partial charge in [-0.15, -0.1) is 0 Å². The van der Waals surface area contributed by atoms with Gasteiger partial charge in [-0.1, -0.05) is 43.1 Å². The summed E-state index contributed by atoms with van der Waals surface area (Å²) in [6, 6.07) is 5.64. The van der Waals surface area contributed by atoms with E-state index in [1.807, 2.05) is 12.1 Å². The van der Waals surface area contributed by atoms with E-state index in [9.17, 15) is 4.39 Å². The molecular formula is C16H23BrFN. The van der Waals surface area contributed by atoms with Crippen LogP contribution in [0.15, 0.2) is 22.7 Å². The molecule has 0 saturated heterocycles. The highest BCUT2D eigenvalue weighted by Crippen LogP contribution is 2.35. The fourth-order valence-electron chi connectivity index (χ4n) is 3.17. The number of nitrogens with one attached hydrogen (secondary N) is 1. The van der Waals surface area contributed by atoms with Crippen molar-refractivity contribution in [2.45, 2.75) is 46.1 Å². The van der Waals surface area contributed by atoms with Crippen LogP contribution in [0, 0.1) is 23.6 Å². The molecule has 0 spiro atoms. The van der Waals surface area contributed by atoms with E-state index in [-0.39, 0.29) is 5.82 Å². The molecule has 1 aliphatic carbocycles. The van der Waals surface area contributed by atoms with E-state index in [0.29, 0.717) is 23.6 Å². The first-order chi connectivity index (χ1) is 8.97. The van der Waals surface area contributed by atoms with E-state index in [0.717, 1.165) is 16.8 Å². The predicted octanol–water partition coefficient (Wildman–Crippen LogP) is 5.46. The maximum atomic E-state index is 13.9. The topological polar surface area (TPSA) is 12.0 Å². The van der Waals surface area contributed by atoms with Crippen LogP contribution in [0.4, 0.5) is 10.1 Å². The Morgan fingerprint density at radius 2 is 2.05 bits per heavy atom. The van der Waals surface area contributed by atoms with E-state index in [4.69, 9.17) is 0 Å². The van der Waals surface area contributed by atoms with Gasteiger partial charge in [0.05, 0.1) is 5.69 Å². The molecule has 2 rings (SSSR count). The minimum absolute atomic E-state index is 0.171. The second-order valence-electron chi connectivity index (χ2n) is 6.20. The molecule has 0 heterocycles. The molecule has 1 aromatic carbocycles. The van der Waals surface area contributed by atoms with Gasteiger partial charge >= 0.3 is 0 Å². The highest BCUT2D eigenvalue weighted by atomic mass is 79.9. The summed E-state index contributed by atoms with van der Waals surface area (Å²) in [7, 11) is 0. The first-order valence-electron chi connectivity index (χ1n) is 7.19. The number of halogens is 2. The minimum atomic E-state index is -0.171. The van der Waals surface area contributed by atoms with Crippen molar-refractivity contribution in [1.29, 1.82) is 0 Å². The van der Waals surface area contributed by atoms with E-state index in [1.54, 1.807) is 0 Å². The van der Waals surface area contributed by atoms with Crippen molar-refractivity contribution in [3.8, 4) is 0 Å². The van der Waals surface area contributed by atoms with Crippen molar-refractivity contribution in [3.05, 3.63) is 28.5 Å². The summed E-state index contributed by atoms with van der Waals surface area (Å²) >= 11 is 3.30. The molecule has 1 nitrogen and oxygen atoms in total. The highest BCUT2D eigenvalue weighted by Gasteiger charge is 2.30. The fourth-order valence-corrected chi connectivity index (χ4v) is 3.51. The highest BCUT2D eigenvalue weighted by molar-refractivity contribution is 9.10. The summed E-state index contributed by atoms with van der Waals surface area (Å²) in [6.45, 7) is 6.84. The Hall–Kier alpha value is -0.570. The zero-order valence-corrected chi connectivity index (χ0v) is 13.5. The van der Waals surface area contributed by atoms with Crippen molar-refractivity contribution < 1.29 is 4.39 Å². The summed E-state index contributed by atoms with van der Waals surface area (Å²) in [5, 5.41) is 3.44. The molecule has 19 heavy (non-hydrogen) atoms. The van der Waals surface area contributed by atoms with E-state index in [2.05, 4.69) is 42.0 Å². The Labute approximate surface area is 124 Å². The molecule has 0 amide bonds. The number of hydrogen-bond acceptors (Lipinski definition) is 1. The lowest BCUT2D eigenvalue weighted by molar-refractivity contribution is 0.211. The molecule has 3 unspecified atom stereocenters. The summed E-state index contributed by atoms with van der Waals surface area (Å²) in [5.74, 6) is 1.84. The Morgan fingerprint density at radius 1 is 1.32 bits per heavy atom. The molecule has 1 aromatic rings. The van der Waals surface area contributed by atoms with Crippen LogP contribution in [-0.2, 0) is 0 Å². The van der Waals surface area contributed by atoms with Crippen molar-refractivity contribution in [2.24, 2.45) is 17.8 Å². The molecule has 1 fully saturated rings. The minimum Gasteiger partial charge on any atom is -0.380 e. The molecule has 0 aromatic heterocycles. The third kappa shape index (κ3) is 3.71. The standard InChI is InChI=1S/C16H23BrFN/c1-10(2)13-6-4-11(3)8-16(13)19-15-7-5-12(17)9-14(15)18/h5,7,9-11,13,16,19H,4,6,8H2,1-3H3. The van der Waals surface area contributed by atoms with E-state index >= 15 is 0 Å². The normalized spacial score (nSPS) is 27.6. The zero-order chi connectivity index (χ0) is 14.0. The molecule has 3 atom stereocenters. The lowest BCUT2D eigenvalue weighted by atomic mass is 9.74. The number of anilines is 1. The van der Waals surface area contributed by atoms with Crippen LogP contribution in [0.25, 0.3) is 0 Å². The average molecular weight is 328 g/mol. The molecule has 106 valence electrons. The smallest absolute Gasteiger partial charge is 0.147 e. The first kappa shape index (κ1) is 14.8. The van der Waals surface area contributed by atoms with E-state index < -0.39 is 0 Å². The van der Waals surface area contributed by atoms with Gasteiger partial charge < -0.3 is 5.32 Å². The van der Waals surface area contributed by atoms with Crippen molar-refractivity contribution in [1.82, 2.24) is 0 Å². The van der Waals surface area contributed by atoms with Gasteiger partial charge in [0.15, 0.2) is 0 Å². The zero-order valence-electron chi connectivity index (χ0n) is 11.9. The second kappa shape index (κ2) is 6.25. The lowest BCUT2D eigenvalue weighted by Crippen LogP contribution is -2.38. The van der Waals surface area contributed by atoms with Gasteiger partial charge in [-0.25, -0.2) is 4.39 Å². The summed E-state index contributed by atoms with van der Waals surface area (Å²) in [6.07, 6.45) is 3.68. The van der Waals surface area contributed by atoms with Gasteiger partial charge in [-0.2, -0.15) is 0 Å². The third-order valence-electron chi connectivity index (χ3n) is 4.29. The van der Waals surface area contributed by atoms with Crippen LogP contribution in [-0.4, -0.2) is 6.04 Å². The SMILES string of the molecule is CC1CCC(C(C)C)C(Nc2ccc(Br)cc2F)C1. The molecule has 3 heteroatoms. The molecule has 1 aliphatic rings. The van der Waals surface area contributed by atoms with Gasteiger partial charge in [-0.05, 0) is 48.8 Å². The fraction of sp³-hybridized carbons (Fsp3) is 0.625. The Bertz CT molecular complexity index is 433. The van der Waals surface area contributed by atoms with Crippen LogP contribution >= 0.6 is 15.9 Å². The lowest BCUT2D eigenvalue weighted by Gasteiger charge is -2.38. The molecular weight excluding hydrogens is 305 g/mol. The number of hydrogen-bond donors (Lipinski definition) is 1. The van der Waals surface area contributed by atoms with Gasteiger partial charge in [0.2, 0.25) is 0 Å². The summed E-state index contributed by atoms with van der Waals surface area (Å²) < 4.78 is 14.7. The van der Waals surface area contributed by atoms with E-state index in [1.165, 1.54) is 18.9 Å². The molecule has 1 saturated carbocycles. The maximum Gasteiger partial charge on any atom is 0.147 e. The van der Waals surface area contributed by atoms with Crippen LogP contribution in [0.2, 0.25) is 0 Å². The average Bonchev–Trinajstić information content (AvgIpc) is 2.32. The number of rotatable bonds is 3. The summed E-state index contributed by atoms with van der Waals surface area (Å²) in [4.78, 5) is 0. The molecule has 0 bridgehead atoms. The van der Waals surface area contributed by atoms with Gasteiger partial charge in [0.1, 0.15) is 5.82 Å². The monoisotopic (exact) mass is 327 g/mol. The van der Waals surface area contributed by atoms with Crippen LogP contribution in [0.5, 0.6) is 0 Å². The van der Waals surface area contributed by atoms with Crippen molar-refractivity contribution >= 4 is 21.6 Å². The summed E-state index contributed by atoms with van der Waals surface area (Å²) in [5.41, 5.74) is 0.632. The van der Waals surface area contributed by atoms with Gasteiger partial charge in [-0.3, -0.25) is 0 Å². The Kier molecular flexibility index (Phi) is 4.88. The van der Waals surface area contributed by atoms with Crippen LogP contribution in [0.3, 0.4) is 0 Å². The molecule has 0 aliphatic heterocycles. The molecule has 0 radical (unpaired) electrons. The van der Waals surface area contributed by atoms with Crippen molar-refractivity contribution in [3.63, 3.8) is 0 Å².